The molecule has 0 amide bonds. The molecule has 0 aromatic heterocycles. The summed E-state index contributed by atoms with van der Waals surface area (Å²) in [5.74, 6) is -1.19. The molecule has 1 unspecified atom stereocenters. The maximum Gasteiger partial charge on any atom is 0.309 e. The second kappa shape index (κ2) is 10.4. The Kier molecular flexibility index (Phi) is 7.65. The van der Waals surface area contributed by atoms with Crippen LogP contribution in [0.25, 0.3) is 0 Å². The first kappa shape index (κ1) is 23.5. The summed E-state index contributed by atoms with van der Waals surface area (Å²) >= 11 is 0. The Morgan fingerprint density at radius 2 is 1.47 bits per heavy atom. The summed E-state index contributed by atoms with van der Waals surface area (Å²) in [6, 6.07) is 24.8. The summed E-state index contributed by atoms with van der Waals surface area (Å²) in [5.41, 5.74) is 8.76. The summed E-state index contributed by atoms with van der Waals surface area (Å²) in [4.78, 5) is 13.4. The summed E-state index contributed by atoms with van der Waals surface area (Å²) < 4.78 is 15.2. The minimum absolute atomic E-state index is 0.306. The van der Waals surface area contributed by atoms with E-state index in [2.05, 4.69) is 0 Å². The third-order valence-corrected chi connectivity index (χ3v) is 5.63. The molecule has 3 aromatic carbocycles. The van der Waals surface area contributed by atoms with Gasteiger partial charge < -0.3 is 15.7 Å². The lowest BCUT2D eigenvalue weighted by molar-refractivity contribution is -0.147. The number of aliphatic carboxylic acids is 1. The van der Waals surface area contributed by atoms with E-state index >= 15 is 4.39 Å². The Balaban J connectivity index is 1.80. The molecule has 0 saturated heterocycles. The third-order valence-electron chi connectivity index (χ3n) is 5.63. The van der Waals surface area contributed by atoms with Gasteiger partial charge in [-0.25, -0.2) is 4.39 Å². The number of halogens is 1. The maximum atomic E-state index is 15.2. The number of benzene rings is 3. The molecular formula is C27H31FN2O2. The van der Waals surface area contributed by atoms with E-state index in [0.29, 0.717) is 31.6 Å². The number of nitrogens with zero attached hydrogens (tertiary/aromatic N) is 1. The number of carbonyl (C=O) groups is 1. The molecule has 32 heavy (non-hydrogen) atoms. The van der Waals surface area contributed by atoms with Gasteiger partial charge in [0.05, 0.1) is 11.1 Å². The molecule has 0 heterocycles. The van der Waals surface area contributed by atoms with Gasteiger partial charge in [-0.3, -0.25) is 4.79 Å². The van der Waals surface area contributed by atoms with Gasteiger partial charge in [-0.1, -0.05) is 66.7 Å². The minimum Gasteiger partial charge on any atom is -0.481 e. The zero-order chi connectivity index (χ0) is 23.1. The highest BCUT2D eigenvalue weighted by atomic mass is 19.1. The maximum absolute atomic E-state index is 15.2. The first-order chi connectivity index (χ1) is 15.2. The predicted octanol–water partition coefficient (Wildman–Crippen LogP) is 5.40. The topological polar surface area (TPSA) is 66.6 Å². The molecule has 3 rings (SSSR count). The molecule has 1 atom stereocenters. The zero-order valence-corrected chi connectivity index (χ0v) is 18.7. The van der Waals surface area contributed by atoms with E-state index in [4.69, 9.17) is 5.73 Å². The van der Waals surface area contributed by atoms with Crippen LogP contribution in [0.5, 0.6) is 0 Å². The van der Waals surface area contributed by atoms with Crippen LogP contribution in [0.2, 0.25) is 0 Å². The fourth-order valence-electron chi connectivity index (χ4n) is 3.89. The first-order valence-electron chi connectivity index (χ1n) is 10.8. The SMILES string of the molecule is CC(C)(CC(N)Cc1ccc(N(Cc2ccccc2)Cc2ccccc2)c(F)c1)C(=O)O. The lowest BCUT2D eigenvalue weighted by Gasteiger charge is -2.27. The van der Waals surface area contributed by atoms with Gasteiger partial charge in [0.2, 0.25) is 0 Å². The summed E-state index contributed by atoms with van der Waals surface area (Å²) in [5, 5.41) is 9.32. The second-order valence-electron chi connectivity index (χ2n) is 8.97. The molecule has 0 saturated carbocycles. The number of rotatable bonds is 10. The van der Waals surface area contributed by atoms with Crippen molar-refractivity contribution in [3.05, 3.63) is 101 Å². The highest BCUT2D eigenvalue weighted by molar-refractivity contribution is 5.73. The van der Waals surface area contributed by atoms with Crippen LogP contribution in [0.15, 0.2) is 78.9 Å². The Morgan fingerprint density at radius 3 is 1.94 bits per heavy atom. The molecular weight excluding hydrogens is 403 g/mol. The Bertz CT molecular complexity index is 981. The fourth-order valence-corrected chi connectivity index (χ4v) is 3.89. The van der Waals surface area contributed by atoms with E-state index in [1.165, 1.54) is 6.07 Å². The Hall–Kier alpha value is -3.18. The molecule has 5 heteroatoms. The Morgan fingerprint density at radius 1 is 0.938 bits per heavy atom. The zero-order valence-electron chi connectivity index (χ0n) is 18.7. The van der Waals surface area contributed by atoms with Crippen molar-refractivity contribution in [3.63, 3.8) is 0 Å². The fraction of sp³-hybridized carbons (Fsp3) is 0.296. The monoisotopic (exact) mass is 434 g/mol. The number of anilines is 1. The van der Waals surface area contributed by atoms with Crippen molar-refractivity contribution in [2.24, 2.45) is 11.1 Å². The summed E-state index contributed by atoms with van der Waals surface area (Å²) in [6.45, 7) is 4.48. The molecule has 0 aliphatic carbocycles. The second-order valence-corrected chi connectivity index (χ2v) is 8.97. The largest absolute Gasteiger partial charge is 0.481 e. The predicted molar refractivity (Wildman–Crippen MR) is 127 cm³/mol. The van der Waals surface area contributed by atoms with Crippen molar-refractivity contribution in [2.75, 3.05) is 4.90 Å². The van der Waals surface area contributed by atoms with Crippen LogP contribution < -0.4 is 10.6 Å². The van der Waals surface area contributed by atoms with E-state index in [-0.39, 0.29) is 11.9 Å². The number of hydrogen-bond acceptors (Lipinski definition) is 3. The van der Waals surface area contributed by atoms with Gasteiger partial charge in [0, 0.05) is 19.1 Å². The van der Waals surface area contributed by atoms with Crippen molar-refractivity contribution in [1.29, 1.82) is 0 Å². The third kappa shape index (κ3) is 6.41. The Labute approximate surface area is 189 Å². The number of hydrogen-bond donors (Lipinski definition) is 2. The van der Waals surface area contributed by atoms with Gasteiger partial charge in [-0.2, -0.15) is 0 Å². The van der Waals surface area contributed by atoms with E-state index < -0.39 is 11.4 Å². The highest BCUT2D eigenvalue weighted by Crippen LogP contribution is 2.27. The lowest BCUT2D eigenvalue weighted by atomic mass is 9.84. The average molecular weight is 435 g/mol. The lowest BCUT2D eigenvalue weighted by Crippen LogP contribution is -2.34. The van der Waals surface area contributed by atoms with Gasteiger partial charge in [0.25, 0.3) is 0 Å². The smallest absolute Gasteiger partial charge is 0.309 e. The van der Waals surface area contributed by atoms with Crippen LogP contribution in [0.3, 0.4) is 0 Å². The van der Waals surface area contributed by atoms with Crippen molar-refractivity contribution in [3.8, 4) is 0 Å². The van der Waals surface area contributed by atoms with Crippen LogP contribution in [0.1, 0.15) is 37.0 Å². The minimum atomic E-state index is -0.917. The summed E-state index contributed by atoms with van der Waals surface area (Å²) in [7, 11) is 0. The molecule has 0 bridgehead atoms. The van der Waals surface area contributed by atoms with Gasteiger partial charge in [-0.15, -0.1) is 0 Å². The normalized spacial score (nSPS) is 12.4. The van der Waals surface area contributed by atoms with Gasteiger partial charge in [0.15, 0.2) is 0 Å². The van der Waals surface area contributed by atoms with Gasteiger partial charge >= 0.3 is 5.97 Å². The van der Waals surface area contributed by atoms with Crippen molar-refractivity contribution < 1.29 is 14.3 Å². The van der Waals surface area contributed by atoms with Crippen LogP contribution >= 0.6 is 0 Å². The molecule has 0 aliphatic heterocycles. The van der Waals surface area contributed by atoms with E-state index in [1.807, 2.05) is 71.6 Å². The first-order valence-corrected chi connectivity index (χ1v) is 10.8. The van der Waals surface area contributed by atoms with Gasteiger partial charge in [0.1, 0.15) is 5.82 Å². The standard InChI is InChI=1S/C27H31FN2O2/c1-27(2,26(31)32)17-23(29)15-22-13-14-25(24(28)16-22)30(18-20-9-5-3-6-10-20)19-21-11-7-4-8-12-21/h3-14,16,23H,15,17-19,29H2,1-2H3,(H,31,32). The number of carboxylic acids is 1. The number of carboxylic acid groups (broad SMARTS) is 1. The number of nitrogens with two attached hydrogens (primary N) is 1. The summed E-state index contributed by atoms with van der Waals surface area (Å²) in [6.07, 6.45) is 0.741. The molecule has 0 radical (unpaired) electrons. The van der Waals surface area contributed by atoms with E-state index in [0.717, 1.165) is 16.7 Å². The molecule has 0 aliphatic rings. The highest BCUT2D eigenvalue weighted by Gasteiger charge is 2.29. The van der Waals surface area contributed by atoms with Crippen molar-refractivity contribution in [1.82, 2.24) is 0 Å². The quantitative estimate of drug-likeness (QED) is 0.448. The van der Waals surface area contributed by atoms with Gasteiger partial charge in [-0.05, 0) is 55.5 Å². The van der Waals surface area contributed by atoms with Crippen LogP contribution in [-0.4, -0.2) is 17.1 Å². The average Bonchev–Trinajstić information content (AvgIpc) is 2.74. The molecule has 4 nitrogen and oxygen atoms in total. The van der Waals surface area contributed by atoms with Crippen LogP contribution in [0.4, 0.5) is 10.1 Å². The van der Waals surface area contributed by atoms with E-state index in [9.17, 15) is 9.90 Å². The molecule has 3 aromatic rings. The van der Waals surface area contributed by atoms with Crippen LogP contribution in [0, 0.1) is 11.2 Å². The van der Waals surface area contributed by atoms with E-state index in [1.54, 1.807) is 19.9 Å². The molecule has 0 spiro atoms. The molecule has 168 valence electrons. The van der Waals surface area contributed by atoms with Crippen molar-refractivity contribution in [2.45, 2.75) is 45.8 Å². The van der Waals surface area contributed by atoms with Crippen molar-refractivity contribution >= 4 is 11.7 Å². The van der Waals surface area contributed by atoms with Crippen LogP contribution in [-0.2, 0) is 24.3 Å². The molecule has 3 N–H and O–H groups in total. The molecule has 0 fully saturated rings.